The monoisotopic (exact) mass is 1260 g/mol. The molecule has 17 unspecified atom stereocenters. The molecule has 0 aromatic heterocycles. The molecular formula is C69H127NO18. The van der Waals surface area contributed by atoms with Crippen molar-refractivity contribution in [2.75, 3.05) is 26.4 Å². The Morgan fingerprint density at radius 3 is 1.14 bits per heavy atom. The molecule has 3 rings (SSSR count). The first-order valence-electron chi connectivity index (χ1n) is 35.2. The number of rotatable bonds is 54. The maximum absolute atomic E-state index is 13.3. The van der Waals surface area contributed by atoms with E-state index in [2.05, 4.69) is 43.5 Å². The Hall–Kier alpha value is -1.99. The Morgan fingerprint density at radius 1 is 0.398 bits per heavy atom. The lowest BCUT2D eigenvalue weighted by Crippen LogP contribution is -2.66. The van der Waals surface area contributed by atoms with Crippen LogP contribution < -0.4 is 5.32 Å². The van der Waals surface area contributed by atoms with Crippen molar-refractivity contribution in [3.8, 4) is 0 Å². The van der Waals surface area contributed by atoms with Gasteiger partial charge in [0, 0.05) is 6.42 Å². The number of ether oxygens (including phenoxy) is 6. The molecule has 3 aliphatic rings. The first-order chi connectivity index (χ1) is 42.8. The molecule has 0 aromatic rings. The third-order valence-corrected chi connectivity index (χ3v) is 17.7. The van der Waals surface area contributed by atoms with Gasteiger partial charge in [-0.1, -0.05) is 249 Å². The molecule has 0 radical (unpaired) electrons. The topological polar surface area (TPSA) is 307 Å². The molecule has 0 saturated carbocycles. The van der Waals surface area contributed by atoms with Gasteiger partial charge in [-0.15, -0.1) is 0 Å². The largest absolute Gasteiger partial charge is 0.394 e. The van der Waals surface area contributed by atoms with Crippen LogP contribution in [0.15, 0.2) is 36.5 Å². The molecular weight excluding hydrogens is 1130 g/mol. The normalized spacial score (nSPS) is 28.6. The molecule has 3 saturated heterocycles. The molecule has 88 heavy (non-hydrogen) atoms. The van der Waals surface area contributed by atoms with Gasteiger partial charge in [0.05, 0.1) is 38.6 Å². The number of aliphatic hydroxyl groups is 11. The summed E-state index contributed by atoms with van der Waals surface area (Å²) in [6.07, 6.45) is 33.0. The maximum atomic E-state index is 13.3. The van der Waals surface area contributed by atoms with E-state index in [1.807, 2.05) is 6.08 Å². The lowest BCUT2D eigenvalue weighted by atomic mass is 9.96. The van der Waals surface area contributed by atoms with Gasteiger partial charge in [0.15, 0.2) is 18.9 Å². The SMILES string of the molecule is CCCCCCCCCCCCCCCCCCCCCCC/C=C/CC/C=C/CC/C=C/C(O)C(COC1OC(CO)C(OC2OC(CO)C(OC3OC(CO)C(O)C(O)C3O)C(O)C2O)C(O)C1O)NC(=O)CCCCCCCCCCCCCC. The van der Waals surface area contributed by atoms with Crippen LogP contribution >= 0.6 is 0 Å². The van der Waals surface area contributed by atoms with Gasteiger partial charge in [0.25, 0.3) is 0 Å². The highest BCUT2D eigenvalue weighted by molar-refractivity contribution is 5.76. The highest BCUT2D eigenvalue weighted by Crippen LogP contribution is 2.33. The van der Waals surface area contributed by atoms with Gasteiger partial charge in [-0.05, 0) is 44.9 Å². The molecule has 17 atom stereocenters. The second-order valence-corrected chi connectivity index (χ2v) is 25.3. The van der Waals surface area contributed by atoms with E-state index >= 15 is 0 Å². The molecule has 0 spiro atoms. The molecule has 0 aliphatic carbocycles. The van der Waals surface area contributed by atoms with Crippen LogP contribution in [0.5, 0.6) is 0 Å². The van der Waals surface area contributed by atoms with Crippen LogP contribution in [0.25, 0.3) is 0 Å². The van der Waals surface area contributed by atoms with Crippen LogP contribution in [0.2, 0.25) is 0 Å². The van der Waals surface area contributed by atoms with Crippen molar-refractivity contribution in [2.45, 2.75) is 369 Å². The number of unbranched alkanes of at least 4 members (excludes halogenated alkanes) is 34. The van der Waals surface area contributed by atoms with Crippen molar-refractivity contribution >= 4 is 5.91 Å². The van der Waals surface area contributed by atoms with Crippen molar-refractivity contribution in [3.63, 3.8) is 0 Å². The van der Waals surface area contributed by atoms with E-state index in [0.29, 0.717) is 12.8 Å². The standard InChI is InChI=1S/C69H127NO18/c1-3-5-7-9-11-13-15-17-18-19-20-21-22-23-24-25-26-27-28-29-30-31-32-33-34-35-36-38-40-42-44-46-53(74)52(70-57(75)47-45-43-41-39-37-16-14-12-10-8-6-4-2)51-83-67-63(81)60(78)65(55(49-72)85-67)88-69-64(82)61(79)66(56(50-73)86-69)87-68-62(80)59(77)58(76)54(48-71)84-68/h32-33,36,38,44,46,52-56,58-69,71-74,76-82H,3-31,34-35,37,39-43,45,47-51H2,1-2H3,(H,70,75)/b33-32+,38-36+,46-44+. The zero-order chi connectivity index (χ0) is 64.0. The van der Waals surface area contributed by atoms with Crippen LogP contribution in [-0.4, -0.2) is 193 Å². The number of aliphatic hydroxyl groups excluding tert-OH is 11. The van der Waals surface area contributed by atoms with Crippen LogP contribution in [-0.2, 0) is 33.2 Å². The summed E-state index contributed by atoms with van der Waals surface area (Å²) in [6.45, 7) is 1.71. The van der Waals surface area contributed by atoms with Gasteiger partial charge in [-0.3, -0.25) is 4.79 Å². The fraction of sp³-hybridized carbons (Fsp3) is 0.899. The summed E-state index contributed by atoms with van der Waals surface area (Å²) in [5.74, 6) is -0.289. The van der Waals surface area contributed by atoms with E-state index in [9.17, 15) is 61.0 Å². The Kier molecular flexibility index (Phi) is 46.9. The first-order valence-corrected chi connectivity index (χ1v) is 35.2. The summed E-state index contributed by atoms with van der Waals surface area (Å²) in [5, 5.41) is 120. The smallest absolute Gasteiger partial charge is 0.220 e. The van der Waals surface area contributed by atoms with E-state index in [0.717, 1.165) is 44.9 Å². The highest BCUT2D eigenvalue weighted by Gasteiger charge is 2.53. The minimum absolute atomic E-state index is 0.235. The highest BCUT2D eigenvalue weighted by atomic mass is 16.8. The van der Waals surface area contributed by atoms with Gasteiger partial charge < -0.3 is 89.9 Å². The summed E-state index contributed by atoms with van der Waals surface area (Å²) in [6, 6.07) is -0.993. The van der Waals surface area contributed by atoms with Crippen molar-refractivity contribution < 1.29 is 89.4 Å². The summed E-state index contributed by atoms with van der Waals surface area (Å²) in [7, 11) is 0. The van der Waals surface area contributed by atoms with Crippen molar-refractivity contribution in [2.24, 2.45) is 0 Å². The molecule has 3 heterocycles. The van der Waals surface area contributed by atoms with Crippen LogP contribution in [0, 0.1) is 0 Å². The zero-order valence-electron chi connectivity index (χ0n) is 54.5. The van der Waals surface area contributed by atoms with Crippen molar-refractivity contribution in [3.05, 3.63) is 36.5 Å². The van der Waals surface area contributed by atoms with E-state index in [-0.39, 0.29) is 18.9 Å². The Balaban J connectivity index is 1.40. The number of allylic oxidation sites excluding steroid dienone is 5. The predicted octanol–water partition coefficient (Wildman–Crippen LogP) is 9.22. The predicted molar refractivity (Wildman–Crippen MR) is 342 cm³/mol. The van der Waals surface area contributed by atoms with Crippen molar-refractivity contribution in [1.82, 2.24) is 5.32 Å². The fourth-order valence-electron chi connectivity index (χ4n) is 11.9. The van der Waals surface area contributed by atoms with Gasteiger partial charge in [-0.25, -0.2) is 0 Å². The van der Waals surface area contributed by atoms with Gasteiger partial charge in [-0.2, -0.15) is 0 Å². The van der Waals surface area contributed by atoms with E-state index in [1.54, 1.807) is 6.08 Å². The van der Waals surface area contributed by atoms with E-state index < -0.39 is 124 Å². The first kappa shape index (κ1) is 80.2. The Morgan fingerprint density at radius 2 is 0.727 bits per heavy atom. The minimum Gasteiger partial charge on any atom is -0.394 e. The molecule has 12 N–H and O–H groups in total. The summed E-state index contributed by atoms with van der Waals surface area (Å²) < 4.78 is 34.3. The average Bonchev–Trinajstić information content (AvgIpc) is 1.99. The molecule has 1 amide bonds. The number of hydrogen-bond acceptors (Lipinski definition) is 18. The Bertz CT molecular complexity index is 1740. The lowest BCUT2D eigenvalue weighted by Gasteiger charge is -2.48. The summed E-state index contributed by atoms with van der Waals surface area (Å²) >= 11 is 0. The van der Waals surface area contributed by atoms with Crippen LogP contribution in [0.4, 0.5) is 0 Å². The average molecular weight is 1260 g/mol. The summed E-state index contributed by atoms with van der Waals surface area (Å²) in [4.78, 5) is 13.3. The zero-order valence-corrected chi connectivity index (χ0v) is 54.5. The number of hydrogen-bond donors (Lipinski definition) is 12. The number of carbonyl (C=O) groups is 1. The quantitative estimate of drug-likeness (QED) is 0.0199. The second kappa shape index (κ2) is 51.4. The van der Waals surface area contributed by atoms with Crippen molar-refractivity contribution in [1.29, 1.82) is 0 Å². The number of nitrogens with one attached hydrogen (secondary N) is 1. The third-order valence-electron chi connectivity index (χ3n) is 17.7. The maximum Gasteiger partial charge on any atom is 0.220 e. The molecule has 19 heteroatoms. The molecule has 0 aromatic carbocycles. The molecule has 19 nitrogen and oxygen atoms in total. The van der Waals surface area contributed by atoms with E-state index in [1.165, 1.54) is 186 Å². The second-order valence-electron chi connectivity index (χ2n) is 25.3. The van der Waals surface area contributed by atoms with Gasteiger partial charge in [0.1, 0.15) is 73.2 Å². The van der Waals surface area contributed by atoms with Crippen LogP contribution in [0.3, 0.4) is 0 Å². The Labute approximate surface area is 530 Å². The third kappa shape index (κ3) is 33.2. The number of amides is 1. The van der Waals surface area contributed by atoms with E-state index in [4.69, 9.17) is 28.4 Å². The molecule has 3 aliphatic heterocycles. The summed E-state index contributed by atoms with van der Waals surface area (Å²) in [5.41, 5.74) is 0. The van der Waals surface area contributed by atoms with Gasteiger partial charge >= 0.3 is 0 Å². The fourth-order valence-corrected chi connectivity index (χ4v) is 11.9. The minimum atomic E-state index is -1.98. The lowest BCUT2D eigenvalue weighted by molar-refractivity contribution is -0.379. The molecule has 3 fully saturated rings. The number of carbonyl (C=O) groups excluding carboxylic acids is 1. The van der Waals surface area contributed by atoms with Crippen LogP contribution in [0.1, 0.15) is 264 Å². The molecule has 0 bridgehead atoms. The van der Waals surface area contributed by atoms with Gasteiger partial charge in [0.2, 0.25) is 5.91 Å². The molecule has 516 valence electrons.